The van der Waals surface area contributed by atoms with Gasteiger partial charge in [-0.15, -0.1) is 0 Å². The molecule has 6 heteroatoms. The van der Waals surface area contributed by atoms with Crippen molar-refractivity contribution in [3.8, 4) is 0 Å². The number of hydrogen-bond donors (Lipinski definition) is 1. The highest BCUT2D eigenvalue weighted by molar-refractivity contribution is 5.94. The molecule has 0 aliphatic heterocycles. The van der Waals surface area contributed by atoms with Crippen molar-refractivity contribution in [2.45, 2.75) is 13.8 Å². The molecular weight excluding hydrogens is 186 g/mol. The molecule has 0 fully saturated rings. The number of nitrogens with two attached hydrogens (primary N) is 1. The van der Waals surface area contributed by atoms with Gasteiger partial charge in [-0.3, -0.25) is 19.9 Å². The first-order valence-corrected chi connectivity index (χ1v) is 3.86. The molecule has 1 amide bonds. The molecular formula is C8H9N3O3. The van der Waals surface area contributed by atoms with Crippen LogP contribution in [0.25, 0.3) is 0 Å². The highest BCUT2D eigenvalue weighted by Gasteiger charge is 2.17. The lowest BCUT2D eigenvalue weighted by Gasteiger charge is -2.02. The quantitative estimate of drug-likeness (QED) is 0.554. The Morgan fingerprint density at radius 1 is 1.50 bits per heavy atom. The molecule has 0 aliphatic carbocycles. The first kappa shape index (κ1) is 10.1. The Kier molecular flexibility index (Phi) is 2.46. The molecule has 0 unspecified atom stereocenters. The van der Waals surface area contributed by atoms with Crippen LogP contribution in [-0.2, 0) is 0 Å². The van der Waals surface area contributed by atoms with Crippen molar-refractivity contribution in [1.82, 2.24) is 4.98 Å². The molecule has 6 nitrogen and oxygen atoms in total. The minimum absolute atomic E-state index is 0.0855. The molecule has 0 saturated heterocycles. The predicted octanol–water partition coefficient (Wildman–Crippen LogP) is 0.706. The third-order valence-corrected chi connectivity index (χ3v) is 1.84. The van der Waals surface area contributed by atoms with Crippen molar-refractivity contribution in [1.29, 1.82) is 0 Å². The molecule has 0 saturated carbocycles. The molecule has 0 bridgehead atoms. The van der Waals surface area contributed by atoms with Crippen LogP contribution in [0.15, 0.2) is 6.07 Å². The molecule has 1 aromatic heterocycles. The summed E-state index contributed by atoms with van der Waals surface area (Å²) in [7, 11) is 0. The van der Waals surface area contributed by atoms with Crippen LogP contribution in [0.1, 0.15) is 21.7 Å². The molecule has 1 heterocycles. The number of carbonyl (C=O) groups excluding carboxylic acids is 1. The summed E-state index contributed by atoms with van der Waals surface area (Å²) >= 11 is 0. The van der Waals surface area contributed by atoms with E-state index in [2.05, 4.69) is 4.98 Å². The number of aromatic nitrogens is 1. The molecule has 0 aromatic carbocycles. The van der Waals surface area contributed by atoms with Crippen LogP contribution in [0.3, 0.4) is 0 Å². The van der Waals surface area contributed by atoms with Gasteiger partial charge in [0, 0.05) is 6.07 Å². The van der Waals surface area contributed by atoms with E-state index >= 15 is 0 Å². The Morgan fingerprint density at radius 3 is 2.50 bits per heavy atom. The van der Waals surface area contributed by atoms with Gasteiger partial charge in [0.15, 0.2) is 0 Å². The zero-order chi connectivity index (χ0) is 10.9. The SMILES string of the molecule is Cc1nc(C)c([N+](=O)[O-])cc1C(N)=O. The Balaban J connectivity index is 3.42. The monoisotopic (exact) mass is 195 g/mol. The third-order valence-electron chi connectivity index (χ3n) is 1.84. The number of aryl methyl sites for hydroxylation is 2. The minimum atomic E-state index is -0.710. The van der Waals surface area contributed by atoms with Gasteiger partial charge >= 0.3 is 0 Å². The standard InChI is InChI=1S/C8H9N3O3/c1-4-6(8(9)12)3-7(11(13)14)5(2)10-4/h3H,1-2H3,(H2,9,12). The van der Waals surface area contributed by atoms with E-state index in [1.165, 1.54) is 6.92 Å². The lowest BCUT2D eigenvalue weighted by atomic mass is 10.1. The van der Waals surface area contributed by atoms with Gasteiger partial charge in [-0.05, 0) is 13.8 Å². The molecule has 1 rings (SSSR count). The largest absolute Gasteiger partial charge is 0.366 e. The molecule has 74 valence electrons. The second-order valence-electron chi connectivity index (χ2n) is 2.85. The van der Waals surface area contributed by atoms with Crippen LogP contribution in [0.5, 0.6) is 0 Å². The first-order valence-electron chi connectivity index (χ1n) is 3.86. The summed E-state index contributed by atoms with van der Waals surface area (Å²) in [6.45, 7) is 3.09. The summed E-state index contributed by atoms with van der Waals surface area (Å²) < 4.78 is 0. The Morgan fingerprint density at radius 2 is 2.07 bits per heavy atom. The smallest absolute Gasteiger partial charge is 0.291 e. The van der Waals surface area contributed by atoms with E-state index < -0.39 is 10.8 Å². The zero-order valence-electron chi connectivity index (χ0n) is 7.77. The van der Waals surface area contributed by atoms with Crippen molar-refractivity contribution in [3.05, 3.63) is 33.1 Å². The number of nitro groups is 1. The fourth-order valence-electron chi connectivity index (χ4n) is 1.15. The Hall–Kier alpha value is -1.98. The van der Waals surface area contributed by atoms with Crippen molar-refractivity contribution < 1.29 is 9.72 Å². The van der Waals surface area contributed by atoms with E-state index in [9.17, 15) is 14.9 Å². The topological polar surface area (TPSA) is 99.1 Å². The average molecular weight is 195 g/mol. The molecule has 0 aliphatic rings. The van der Waals surface area contributed by atoms with Gasteiger partial charge in [0.25, 0.3) is 11.6 Å². The normalized spacial score (nSPS) is 9.86. The van der Waals surface area contributed by atoms with Gasteiger partial charge in [0.1, 0.15) is 5.69 Å². The van der Waals surface area contributed by atoms with Gasteiger partial charge < -0.3 is 5.73 Å². The van der Waals surface area contributed by atoms with Crippen LogP contribution in [-0.4, -0.2) is 15.8 Å². The summed E-state index contributed by atoms with van der Waals surface area (Å²) in [4.78, 5) is 24.7. The van der Waals surface area contributed by atoms with Crippen molar-refractivity contribution in [3.63, 3.8) is 0 Å². The van der Waals surface area contributed by atoms with Crippen LogP contribution in [0.2, 0.25) is 0 Å². The van der Waals surface area contributed by atoms with E-state index in [4.69, 9.17) is 5.73 Å². The van der Waals surface area contributed by atoms with Gasteiger partial charge in [-0.2, -0.15) is 0 Å². The zero-order valence-corrected chi connectivity index (χ0v) is 7.77. The maximum atomic E-state index is 10.9. The Bertz CT molecular complexity index is 379. The van der Waals surface area contributed by atoms with Gasteiger partial charge in [-0.1, -0.05) is 0 Å². The highest BCUT2D eigenvalue weighted by Crippen LogP contribution is 2.18. The summed E-state index contributed by atoms with van der Waals surface area (Å²) in [6, 6.07) is 1.15. The van der Waals surface area contributed by atoms with E-state index in [0.29, 0.717) is 5.69 Å². The second-order valence-corrected chi connectivity index (χ2v) is 2.85. The second kappa shape index (κ2) is 3.41. The fraction of sp³-hybridized carbons (Fsp3) is 0.250. The summed E-state index contributed by atoms with van der Waals surface area (Å²) in [6.07, 6.45) is 0. The van der Waals surface area contributed by atoms with Crippen molar-refractivity contribution in [2.75, 3.05) is 0 Å². The van der Waals surface area contributed by atoms with Crippen molar-refractivity contribution in [2.24, 2.45) is 5.73 Å². The number of primary amides is 1. The lowest BCUT2D eigenvalue weighted by Crippen LogP contribution is -2.14. The number of hydrogen-bond acceptors (Lipinski definition) is 4. The first-order chi connectivity index (χ1) is 6.43. The van der Waals surface area contributed by atoms with Crippen LogP contribution in [0.4, 0.5) is 5.69 Å². The minimum Gasteiger partial charge on any atom is -0.366 e. The molecule has 0 spiro atoms. The van der Waals surface area contributed by atoms with E-state index in [-0.39, 0.29) is 16.9 Å². The summed E-state index contributed by atoms with van der Waals surface area (Å²) in [5.74, 6) is -0.710. The van der Waals surface area contributed by atoms with Crippen LogP contribution >= 0.6 is 0 Å². The fourth-order valence-corrected chi connectivity index (χ4v) is 1.15. The summed E-state index contributed by atoms with van der Waals surface area (Å²) in [5, 5.41) is 10.5. The van der Waals surface area contributed by atoms with Crippen molar-refractivity contribution >= 4 is 11.6 Å². The number of amides is 1. The van der Waals surface area contributed by atoms with Crippen LogP contribution < -0.4 is 5.73 Å². The third kappa shape index (κ3) is 1.68. The number of nitrogens with zero attached hydrogens (tertiary/aromatic N) is 2. The number of pyridine rings is 1. The number of carbonyl (C=O) groups is 1. The highest BCUT2D eigenvalue weighted by atomic mass is 16.6. The van der Waals surface area contributed by atoms with E-state index in [0.717, 1.165) is 6.07 Å². The molecule has 0 radical (unpaired) electrons. The predicted molar refractivity (Wildman–Crippen MR) is 48.9 cm³/mol. The summed E-state index contributed by atoms with van der Waals surface area (Å²) in [5.41, 5.74) is 5.61. The van der Waals surface area contributed by atoms with E-state index in [1.807, 2.05) is 0 Å². The average Bonchev–Trinajstić information content (AvgIpc) is 2.02. The lowest BCUT2D eigenvalue weighted by molar-refractivity contribution is -0.385. The maximum Gasteiger partial charge on any atom is 0.291 e. The molecule has 2 N–H and O–H groups in total. The van der Waals surface area contributed by atoms with E-state index in [1.54, 1.807) is 6.92 Å². The maximum absolute atomic E-state index is 10.9. The molecule has 14 heavy (non-hydrogen) atoms. The Labute approximate surface area is 79.9 Å². The van der Waals surface area contributed by atoms with Crippen LogP contribution in [0, 0.1) is 24.0 Å². The van der Waals surface area contributed by atoms with Gasteiger partial charge in [-0.25, -0.2) is 0 Å². The van der Waals surface area contributed by atoms with Gasteiger partial charge in [0.05, 0.1) is 16.2 Å². The van der Waals surface area contributed by atoms with Gasteiger partial charge in [0.2, 0.25) is 0 Å². The molecule has 1 aromatic rings. The number of rotatable bonds is 2. The molecule has 0 atom stereocenters.